The summed E-state index contributed by atoms with van der Waals surface area (Å²) in [6, 6.07) is 8.93. The van der Waals surface area contributed by atoms with Gasteiger partial charge in [-0.25, -0.2) is 0 Å². The summed E-state index contributed by atoms with van der Waals surface area (Å²) in [6.07, 6.45) is 3.10. The van der Waals surface area contributed by atoms with Crippen LogP contribution in [0.25, 0.3) is 0 Å². The zero-order chi connectivity index (χ0) is 14.4. The molecule has 4 heteroatoms. The predicted octanol–water partition coefficient (Wildman–Crippen LogP) is 3.80. The predicted molar refractivity (Wildman–Crippen MR) is 88.1 cm³/mol. The van der Waals surface area contributed by atoms with Gasteiger partial charge >= 0.3 is 0 Å². The third-order valence-corrected chi connectivity index (χ3v) is 4.70. The maximum atomic E-state index is 6.34. The number of likely N-dealkylation sites (N-methyl/N-ethyl adjacent to an activating group) is 1. The fourth-order valence-electron chi connectivity index (χ4n) is 2.30. The number of nitrogens with two attached hydrogens (primary N) is 1. The molecular weight excluding hydrogens is 276 g/mol. The summed E-state index contributed by atoms with van der Waals surface area (Å²) in [6.45, 7) is 4.39. The number of hydrogen-bond donors (Lipinski definition) is 1. The minimum absolute atomic E-state index is 0.135. The van der Waals surface area contributed by atoms with Gasteiger partial charge in [-0.2, -0.15) is 11.8 Å². The Morgan fingerprint density at radius 3 is 2.37 bits per heavy atom. The molecule has 1 aromatic carbocycles. The highest BCUT2D eigenvalue weighted by molar-refractivity contribution is 7.98. The van der Waals surface area contributed by atoms with E-state index < -0.39 is 0 Å². The van der Waals surface area contributed by atoms with Crippen molar-refractivity contribution in [1.29, 1.82) is 0 Å². The molecule has 1 aromatic rings. The Kier molecular flexibility index (Phi) is 7.22. The molecule has 0 bridgehead atoms. The van der Waals surface area contributed by atoms with E-state index in [4.69, 9.17) is 17.3 Å². The number of benzene rings is 1. The molecule has 2 nitrogen and oxygen atoms in total. The van der Waals surface area contributed by atoms with Crippen molar-refractivity contribution in [3.8, 4) is 0 Å². The van der Waals surface area contributed by atoms with Crippen LogP contribution in [-0.4, -0.2) is 36.0 Å². The van der Waals surface area contributed by atoms with Crippen LogP contribution < -0.4 is 5.73 Å². The molecule has 3 unspecified atom stereocenters. The fraction of sp³-hybridized carbons (Fsp3) is 0.600. The quantitative estimate of drug-likeness (QED) is 0.830. The summed E-state index contributed by atoms with van der Waals surface area (Å²) in [5.74, 6) is 1.11. The van der Waals surface area contributed by atoms with Crippen LogP contribution in [0.1, 0.15) is 31.9 Å². The van der Waals surface area contributed by atoms with Crippen molar-refractivity contribution >= 4 is 23.4 Å². The Bertz CT molecular complexity index is 369. The number of nitrogens with zero attached hydrogens (tertiary/aromatic N) is 1. The second kappa shape index (κ2) is 8.15. The molecule has 2 N–H and O–H groups in total. The lowest BCUT2D eigenvalue weighted by atomic mass is 9.96. The van der Waals surface area contributed by atoms with Crippen molar-refractivity contribution < 1.29 is 0 Å². The zero-order valence-electron chi connectivity index (χ0n) is 12.3. The van der Waals surface area contributed by atoms with Crippen molar-refractivity contribution in [2.24, 2.45) is 5.73 Å². The first-order valence-electron chi connectivity index (χ1n) is 6.73. The monoisotopic (exact) mass is 300 g/mol. The topological polar surface area (TPSA) is 29.3 Å². The number of thioether (sulfide) groups is 1. The van der Waals surface area contributed by atoms with Gasteiger partial charge in [-0.1, -0.05) is 30.7 Å². The van der Waals surface area contributed by atoms with E-state index in [1.807, 2.05) is 23.9 Å². The first-order chi connectivity index (χ1) is 9.01. The van der Waals surface area contributed by atoms with Gasteiger partial charge in [0.2, 0.25) is 0 Å². The lowest BCUT2D eigenvalue weighted by molar-refractivity contribution is 0.171. The summed E-state index contributed by atoms with van der Waals surface area (Å²) in [5, 5.41) is 0.771. The summed E-state index contributed by atoms with van der Waals surface area (Å²) in [7, 11) is 2.16. The van der Waals surface area contributed by atoms with E-state index >= 15 is 0 Å². The van der Waals surface area contributed by atoms with E-state index in [0.29, 0.717) is 6.04 Å². The van der Waals surface area contributed by atoms with Gasteiger partial charge in [0.1, 0.15) is 0 Å². The van der Waals surface area contributed by atoms with Crippen molar-refractivity contribution in [1.82, 2.24) is 4.90 Å². The van der Waals surface area contributed by atoms with Crippen LogP contribution in [0.3, 0.4) is 0 Å². The molecular formula is C15H25ClN2S. The molecule has 0 aliphatic heterocycles. The van der Waals surface area contributed by atoms with Gasteiger partial charge in [0.05, 0.1) is 0 Å². The molecule has 0 saturated carbocycles. The number of hydrogen-bond acceptors (Lipinski definition) is 3. The normalized spacial score (nSPS) is 16.4. The molecule has 0 radical (unpaired) electrons. The minimum atomic E-state index is 0.135. The van der Waals surface area contributed by atoms with Crippen molar-refractivity contribution in [3.63, 3.8) is 0 Å². The first-order valence-corrected chi connectivity index (χ1v) is 8.50. The lowest BCUT2D eigenvalue weighted by Gasteiger charge is -2.36. The standard InChI is InChI=1S/C15H25ClN2S/c1-5-14(17)15(18(3)11(2)10-19-4)12-6-8-13(16)9-7-12/h6-9,11,14-15H,5,10,17H2,1-4H3. The third-order valence-electron chi connectivity index (χ3n) is 3.63. The molecule has 108 valence electrons. The third kappa shape index (κ3) is 4.67. The average molecular weight is 301 g/mol. The first kappa shape index (κ1) is 16.8. The van der Waals surface area contributed by atoms with Gasteiger partial charge in [-0.15, -0.1) is 0 Å². The summed E-state index contributed by atoms with van der Waals surface area (Å²) >= 11 is 7.84. The Morgan fingerprint density at radius 2 is 1.89 bits per heavy atom. The van der Waals surface area contributed by atoms with Crippen molar-refractivity contribution in [3.05, 3.63) is 34.9 Å². The van der Waals surface area contributed by atoms with Gasteiger partial charge in [0.15, 0.2) is 0 Å². The van der Waals surface area contributed by atoms with Gasteiger partial charge < -0.3 is 5.73 Å². The van der Waals surface area contributed by atoms with Gasteiger partial charge in [0.25, 0.3) is 0 Å². The largest absolute Gasteiger partial charge is 0.326 e. The maximum Gasteiger partial charge on any atom is 0.0499 e. The molecule has 0 spiro atoms. The number of halogens is 1. The highest BCUT2D eigenvalue weighted by atomic mass is 35.5. The fourth-order valence-corrected chi connectivity index (χ4v) is 3.14. The Balaban J connectivity index is 2.97. The molecule has 0 aliphatic carbocycles. The number of rotatable bonds is 7. The van der Waals surface area contributed by atoms with Gasteiger partial charge in [-0.3, -0.25) is 4.90 Å². The second-order valence-corrected chi connectivity index (χ2v) is 6.39. The highest BCUT2D eigenvalue weighted by Crippen LogP contribution is 2.27. The molecule has 0 fully saturated rings. The second-order valence-electron chi connectivity index (χ2n) is 5.04. The maximum absolute atomic E-state index is 6.34. The van der Waals surface area contributed by atoms with Gasteiger partial charge in [0, 0.05) is 28.9 Å². The van der Waals surface area contributed by atoms with Crippen LogP contribution in [0.2, 0.25) is 5.02 Å². The molecule has 3 atom stereocenters. The van der Waals surface area contributed by atoms with E-state index in [9.17, 15) is 0 Å². The van der Waals surface area contributed by atoms with Crippen LogP contribution in [0, 0.1) is 0 Å². The summed E-state index contributed by atoms with van der Waals surface area (Å²) < 4.78 is 0. The van der Waals surface area contributed by atoms with E-state index in [-0.39, 0.29) is 12.1 Å². The summed E-state index contributed by atoms with van der Waals surface area (Å²) in [5.41, 5.74) is 7.59. The van der Waals surface area contributed by atoms with E-state index in [0.717, 1.165) is 17.2 Å². The molecule has 0 saturated heterocycles. The van der Waals surface area contributed by atoms with E-state index in [2.05, 4.69) is 44.2 Å². The smallest absolute Gasteiger partial charge is 0.0499 e. The van der Waals surface area contributed by atoms with Crippen LogP contribution in [-0.2, 0) is 0 Å². The van der Waals surface area contributed by atoms with Crippen molar-refractivity contribution in [2.75, 3.05) is 19.1 Å². The van der Waals surface area contributed by atoms with Crippen LogP contribution in [0.5, 0.6) is 0 Å². The van der Waals surface area contributed by atoms with Crippen LogP contribution in [0.4, 0.5) is 0 Å². The zero-order valence-corrected chi connectivity index (χ0v) is 13.8. The average Bonchev–Trinajstić information content (AvgIpc) is 2.41. The molecule has 0 amide bonds. The van der Waals surface area contributed by atoms with Gasteiger partial charge in [-0.05, 0) is 44.3 Å². The minimum Gasteiger partial charge on any atom is -0.326 e. The Labute approximate surface area is 126 Å². The molecule has 0 aliphatic rings. The van der Waals surface area contributed by atoms with Crippen LogP contribution in [0.15, 0.2) is 24.3 Å². The Morgan fingerprint density at radius 1 is 1.32 bits per heavy atom. The van der Waals surface area contributed by atoms with Crippen LogP contribution >= 0.6 is 23.4 Å². The van der Waals surface area contributed by atoms with E-state index in [1.54, 1.807) is 0 Å². The van der Waals surface area contributed by atoms with E-state index in [1.165, 1.54) is 5.56 Å². The highest BCUT2D eigenvalue weighted by Gasteiger charge is 2.26. The Hall–Kier alpha value is -0.220. The molecule has 1 rings (SSSR count). The molecule has 0 aromatic heterocycles. The molecule has 0 heterocycles. The summed E-state index contributed by atoms with van der Waals surface area (Å²) in [4.78, 5) is 2.38. The lowest BCUT2D eigenvalue weighted by Crippen LogP contribution is -2.43. The van der Waals surface area contributed by atoms with Crippen molar-refractivity contribution in [2.45, 2.75) is 38.4 Å². The molecule has 19 heavy (non-hydrogen) atoms. The SMILES string of the molecule is CCC(N)C(c1ccc(Cl)cc1)N(C)C(C)CSC.